The van der Waals surface area contributed by atoms with E-state index < -0.39 is 63.6 Å². The van der Waals surface area contributed by atoms with Gasteiger partial charge in [-0.15, -0.1) is 0 Å². The lowest BCUT2D eigenvalue weighted by molar-refractivity contribution is -0.143. The first kappa shape index (κ1) is 33.2. The molecule has 14 heteroatoms. The Morgan fingerprint density at radius 3 is 2.02 bits per heavy atom. The Morgan fingerprint density at radius 2 is 1.51 bits per heavy atom. The van der Waals surface area contributed by atoms with Gasteiger partial charge in [-0.2, -0.15) is 26.3 Å². The van der Waals surface area contributed by atoms with Crippen molar-refractivity contribution in [2.45, 2.75) is 57.0 Å². The van der Waals surface area contributed by atoms with Crippen LogP contribution in [0.3, 0.4) is 0 Å². The first-order chi connectivity index (χ1) is 19.8. The molecular formula is C29H34F7N3O3S. The van der Waals surface area contributed by atoms with E-state index in [0.29, 0.717) is 63.1 Å². The number of halogens is 7. The van der Waals surface area contributed by atoms with E-state index >= 15 is 0 Å². The lowest BCUT2D eigenvalue weighted by Crippen LogP contribution is -2.52. The van der Waals surface area contributed by atoms with E-state index in [1.807, 2.05) is 0 Å². The maximum atomic E-state index is 14.0. The van der Waals surface area contributed by atoms with Gasteiger partial charge in [-0.1, -0.05) is 6.07 Å². The molecule has 43 heavy (non-hydrogen) atoms. The molecule has 2 heterocycles. The number of carbonyl (C=O) groups is 1. The first-order valence-corrected chi connectivity index (χ1v) is 15.7. The molecule has 2 fully saturated rings. The second kappa shape index (κ2) is 12.4. The van der Waals surface area contributed by atoms with Crippen LogP contribution in [0.25, 0.3) is 0 Å². The Kier molecular flexibility index (Phi) is 9.53. The number of benzene rings is 2. The molecule has 238 valence electrons. The summed E-state index contributed by atoms with van der Waals surface area (Å²) in [5.41, 5.74) is -1.86. The van der Waals surface area contributed by atoms with Crippen LogP contribution in [-0.2, 0) is 33.7 Å². The van der Waals surface area contributed by atoms with Gasteiger partial charge in [0.15, 0.2) is 0 Å². The van der Waals surface area contributed by atoms with Gasteiger partial charge >= 0.3 is 12.4 Å². The van der Waals surface area contributed by atoms with Gasteiger partial charge in [-0.05, 0) is 79.8 Å². The second-order valence-electron chi connectivity index (χ2n) is 11.5. The van der Waals surface area contributed by atoms with E-state index in [1.54, 1.807) is 13.0 Å². The summed E-state index contributed by atoms with van der Waals surface area (Å²) in [5.74, 6) is -1.97. The molecule has 0 saturated carbocycles. The summed E-state index contributed by atoms with van der Waals surface area (Å²) >= 11 is 0. The second-order valence-corrected chi connectivity index (χ2v) is 13.5. The van der Waals surface area contributed by atoms with Crippen molar-refractivity contribution in [3.8, 4) is 0 Å². The van der Waals surface area contributed by atoms with Gasteiger partial charge in [0.1, 0.15) is 5.82 Å². The molecule has 1 amide bonds. The molecule has 2 aliphatic rings. The summed E-state index contributed by atoms with van der Waals surface area (Å²) < 4.78 is 120. The number of hydrogen-bond donors (Lipinski definition) is 0. The van der Waals surface area contributed by atoms with Crippen LogP contribution in [0.5, 0.6) is 0 Å². The highest BCUT2D eigenvalue weighted by molar-refractivity contribution is 7.88. The molecule has 2 aromatic carbocycles. The van der Waals surface area contributed by atoms with Crippen molar-refractivity contribution >= 4 is 15.9 Å². The molecule has 4 rings (SSSR count). The number of sulfonamides is 1. The summed E-state index contributed by atoms with van der Waals surface area (Å²) in [4.78, 5) is 17.1. The normalized spacial score (nSPS) is 21.6. The molecule has 0 aromatic heterocycles. The summed E-state index contributed by atoms with van der Waals surface area (Å²) in [7, 11) is -1.97. The molecule has 2 atom stereocenters. The van der Waals surface area contributed by atoms with Crippen LogP contribution in [-0.4, -0.2) is 74.0 Å². The number of hydrogen-bond acceptors (Lipinski definition) is 4. The lowest BCUT2D eigenvalue weighted by atomic mass is 9.77. The lowest BCUT2D eigenvalue weighted by Gasteiger charge is -2.45. The Morgan fingerprint density at radius 1 is 0.930 bits per heavy atom. The molecule has 0 aliphatic carbocycles. The zero-order chi connectivity index (χ0) is 31.9. The van der Waals surface area contributed by atoms with Crippen molar-refractivity contribution in [2.24, 2.45) is 5.92 Å². The maximum Gasteiger partial charge on any atom is 0.416 e. The minimum absolute atomic E-state index is 0.0504. The van der Waals surface area contributed by atoms with Crippen molar-refractivity contribution in [1.82, 2.24) is 14.1 Å². The minimum atomic E-state index is -5.01. The van der Waals surface area contributed by atoms with Crippen molar-refractivity contribution in [1.29, 1.82) is 0 Å². The van der Waals surface area contributed by atoms with Crippen LogP contribution in [0.1, 0.15) is 53.0 Å². The van der Waals surface area contributed by atoms with Crippen LogP contribution in [0.4, 0.5) is 30.7 Å². The number of carbonyl (C=O) groups excluding carboxylic acids is 1. The topological polar surface area (TPSA) is 60.9 Å². The Hall–Kier alpha value is -2.71. The third kappa shape index (κ3) is 7.88. The molecule has 2 aromatic rings. The highest BCUT2D eigenvalue weighted by atomic mass is 32.2. The fraction of sp³-hybridized carbons (Fsp3) is 0.552. The molecule has 6 nitrogen and oxygen atoms in total. The van der Waals surface area contributed by atoms with E-state index in [0.717, 1.165) is 16.7 Å². The number of likely N-dealkylation sites (tertiary alicyclic amines) is 1. The number of nitrogens with zero attached hydrogens (tertiary/aromatic N) is 3. The van der Waals surface area contributed by atoms with Gasteiger partial charge < -0.3 is 4.90 Å². The van der Waals surface area contributed by atoms with Crippen LogP contribution < -0.4 is 0 Å². The molecule has 0 radical (unpaired) electrons. The van der Waals surface area contributed by atoms with Crippen LogP contribution in [0.15, 0.2) is 36.4 Å². The molecule has 0 bridgehead atoms. The summed E-state index contributed by atoms with van der Waals surface area (Å²) in [6.07, 6.45) is -7.30. The molecule has 0 spiro atoms. The van der Waals surface area contributed by atoms with Crippen LogP contribution in [0.2, 0.25) is 0 Å². The number of rotatable bonds is 6. The predicted octanol–water partition coefficient (Wildman–Crippen LogP) is 5.66. The van der Waals surface area contributed by atoms with Crippen molar-refractivity contribution in [2.75, 3.05) is 39.5 Å². The average molecular weight is 638 g/mol. The Labute approximate surface area is 246 Å². The van der Waals surface area contributed by atoms with Crippen LogP contribution >= 0.6 is 0 Å². The summed E-state index contributed by atoms with van der Waals surface area (Å²) in [6.45, 7) is 2.87. The maximum absolute atomic E-state index is 14.0. The largest absolute Gasteiger partial charge is 0.416 e. The quantitative estimate of drug-likeness (QED) is 0.384. The highest BCUT2D eigenvalue weighted by Crippen LogP contribution is 2.39. The van der Waals surface area contributed by atoms with Crippen molar-refractivity contribution < 1.29 is 43.9 Å². The highest BCUT2D eigenvalue weighted by Gasteiger charge is 2.41. The average Bonchev–Trinajstić information content (AvgIpc) is 2.91. The molecule has 2 saturated heterocycles. The molecule has 0 N–H and O–H groups in total. The smallest absolute Gasteiger partial charge is 0.341 e. The first-order valence-electron chi connectivity index (χ1n) is 13.8. The Balaban J connectivity index is 1.58. The van der Waals surface area contributed by atoms with Gasteiger partial charge in [0.2, 0.25) is 15.9 Å². The Bertz CT molecular complexity index is 1410. The van der Waals surface area contributed by atoms with E-state index in [1.165, 1.54) is 23.5 Å². The van der Waals surface area contributed by atoms with Gasteiger partial charge in [-0.3, -0.25) is 9.69 Å². The molecule has 2 aliphatic heterocycles. The third-order valence-electron chi connectivity index (χ3n) is 8.45. The van der Waals surface area contributed by atoms with Crippen LogP contribution in [0, 0.1) is 18.7 Å². The van der Waals surface area contributed by atoms with E-state index in [9.17, 15) is 43.9 Å². The van der Waals surface area contributed by atoms with Crippen molar-refractivity contribution in [3.05, 3.63) is 70.0 Å². The SMILES string of the molecule is Cc1cc(F)ccc1C1CN(C2CCN(S(C)(=O)=O)CC2)CCC1C(=O)N(C)Cc1cc(C(F)(F)F)cc(C(F)(F)F)c1. The number of amides is 1. The number of piperidine rings is 2. The zero-order valence-electron chi connectivity index (χ0n) is 24.0. The van der Waals surface area contributed by atoms with E-state index in [-0.39, 0.29) is 17.7 Å². The monoisotopic (exact) mass is 637 g/mol. The zero-order valence-corrected chi connectivity index (χ0v) is 24.8. The minimum Gasteiger partial charge on any atom is -0.341 e. The fourth-order valence-corrected chi connectivity index (χ4v) is 7.13. The van der Waals surface area contributed by atoms with E-state index in [2.05, 4.69) is 4.90 Å². The predicted molar refractivity (Wildman–Crippen MR) is 146 cm³/mol. The van der Waals surface area contributed by atoms with E-state index in [4.69, 9.17) is 0 Å². The van der Waals surface area contributed by atoms with Gasteiger partial charge in [0, 0.05) is 51.1 Å². The standard InChI is InChI=1S/C29H34F7N3O3S/c1-18-12-22(30)4-5-24(18)26-17-38(23-6-10-39(11-7-23)43(3,41)42)9-8-25(26)27(40)37(2)16-19-13-20(28(31,32)33)15-21(14-19)29(34,35)36/h4-5,12-15,23,25-26H,6-11,16-17H2,1-3H3. The molecular weight excluding hydrogens is 603 g/mol. The molecule has 2 unspecified atom stereocenters. The summed E-state index contributed by atoms with van der Waals surface area (Å²) in [6, 6.07) is 5.59. The van der Waals surface area contributed by atoms with Crippen molar-refractivity contribution in [3.63, 3.8) is 0 Å². The fourth-order valence-electron chi connectivity index (χ4n) is 6.26. The number of aryl methyl sites for hydroxylation is 1. The third-order valence-corrected chi connectivity index (χ3v) is 9.75. The number of alkyl halides is 6. The van der Waals surface area contributed by atoms with Gasteiger partial charge in [0.05, 0.1) is 17.4 Å². The van der Waals surface area contributed by atoms with Gasteiger partial charge in [0.25, 0.3) is 0 Å². The van der Waals surface area contributed by atoms with Gasteiger partial charge in [-0.25, -0.2) is 17.1 Å². The summed E-state index contributed by atoms with van der Waals surface area (Å²) in [5, 5.41) is 0.